The molecule has 1 fully saturated rings. The van der Waals surface area contributed by atoms with Crippen molar-refractivity contribution < 1.29 is 25.0 Å². The molecule has 7 heteroatoms. The van der Waals surface area contributed by atoms with Gasteiger partial charge in [0.1, 0.15) is 18.3 Å². The number of nitro groups is 1. The SMILES string of the molecule is C[C@@H]1O[C@@H](C[N+](=O)[O-])[C@@H](O)[C@H](O)[C@@H]1O. The second kappa shape index (κ2) is 4.18. The number of nitrogens with zero attached hydrogens (tertiary/aromatic N) is 1. The van der Waals surface area contributed by atoms with Gasteiger partial charge in [0.25, 0.3) is 0 Å². The Kier molecular flexibility index (Phi) is 3.38. The van der Waals surface area contributed by atoms with Crippen LogP contribution in [0.15, 0.2) is 0 Å². The van der Waals surface area contributed by atoms with Crippen LogP contribution in [-0.4, -0.2) is 57.3 Å². The minimum atomic E-state index is -1.42. The fraction of sp³-hybridized carbons (Fsp3) is 1.00. The van der Waals surface area contributed by atoms with E-state index in [0.717, 1.165) is 0 Å². The highest BCUT2D eigenvalue weighted by atomic mass is 16.6. The number of aliphatic hydroxyl groups is 3. The molecule has 0 aromatic heterocycles. The molecule has 1 aliphatic heterocycles. The first-order chi connectivity index (χ1) is 6.43. The van der Waals surface area contributed by atoms with E-state index in [1.54, 1.807) is 0 Å². The first kappa shape index (κ1) is 11.3. The molecule has 0 radical (unpaired) electrons. The lowest BCUT2D eigenvalue weighted by Gasteiger charge is -2.37. The summed E-state index contributed by atoms with van der Waals surface area (Å²) >= 11 is 0. The van der Waals surface area contributed by atoms with Gasteiger partial charge in [0.15, 0.2) is 6.10 Å². The summed E-state index contributed by atoms with van der Waals surface area (Å²) in [6.45, 7) is 0.891. The molecule has 0 bridgehead atoms. The largest absolute Gasteiger partial charge is 0.388 e. The van der Waals surface area contributed by atoms with Gasteiger partial charge in [-0.15, -0.1) is 0 Å². The second-order valence-corrected chi connectivity index (χ2v) is 3.37. The van der Waals surface area contributed by atoms with Crippen LogP contribution in [0.2, 0.25) is 0 Å². The van der Waals surface area contributed by atoms with Crippen LogP contribution in [-0.2, 0) is 4.74 Å². The van der Waals surface area contributed by atoms with Gasteiger partial charge >= 0.3 is 0 Å². The van der Waals surface area contributed by atoms with Crippen LogP contribution in [0.4, 0.5) is 0 Å². The smallest absolute Gasteiger partial charge is 0.232 e. The molecule has 1 aliphatic rings. The highest BCUT2D eigenvalue weighted by Crippen LogP contribution is 2.20. The van der Waals surface area contributed by atoms with E-state index in [9.17, 15) is 25.4 Å². The maximum atomic E-state index is 10.2. The Hall–Kier alpha value is -0.760. The van der Waals surface area contributed by atoms with Crippen LogP contribution < -0.4 is 0 Å². The van der Waals surface area contributed by atoms with Crippen LogP contribution in [0.25, 0.3) is 0 Å². The highest BCUT2D eigenvalue weighted by molar-refractivity contribution is 4.90. The molecular formula is C7H13NO6. The lowest BCUT2D eigenvalue weighted by atomic mass is 9.96. The van der Waals surface area contributed by atoms with Gasteiger partial charge in [-0.1, -0.05) is 0 Å². The minimum Gasteiger partial charge on any atom is -0.388 e. The third-order valence-corrected chi connectivity index (χ3v) is 2.28. The number of aliphatic hydroxyl groups excluding tert-OH is 3. The van der Waals surface area contributed by atoms with Crippen molar-refractivity contribution in [2.45, 2.75) is 37.4 Å². The zero-order valence-corrected chi connectivity index (χ0v) is 7.61. The molecule has 0 amide bonds. The van der Waals surface area contributed by atoms with Crippen LogP contribution in [0.3, 0.4) is 0 Å². The molecule has 1 rings (SSSR count). The van der Waals surface area contributed by atoms with Gasteiger partial charge < -0.3 is 20.1 Å². The molecule has 0 aliphatic carbocycles. The van der Waals surface area contributed by atoms with Crippen LogP contribution in [0.5, 0.6) is 0 Å². The second-order valence-electron chi connectivity index (χ2n) is 3.37. The van der Waals surface area contributed by atoms with Crippen molar-refractivity contribution in [1.82, 2.24) is 0 Å². The van der Waals surface area contributed by atoms with Gasteiger partial charge in [-0.25, -0.2) is 0 Å². The summed E-state index contributed by atoms with van der Waals surface area (Å²) in [6.07, 6.45) is -5.83. The van der Waals surface area contributed by atoms with Gasteiger partial charge in [-0.2, -0.15) is 0 Å². The van der Waals surface area contributed by atoms with Crippen molar-refractivity contribution in [3.63, 3.8) is 0 Å². The van der Waals surface area contributed by atoms with Crippen LogP contribution in [0.1, 0.15) is 6.92 Å². The molecule has 0 saturated carbocycles. The molecule has 1 heterocycles. The standard InChI is InChI=1S/C7H13NO6/c1-3-5(9)7(11)6(10)4(14-3)2-8(12)13/h3-7,9-11H,2H2,1H3/t3-,4-,5+,6+,7+/m0/s1. The predicted molar refractivity (Wildman–Crippen MR) is 44.2 cm³/mol. The van der Waals surface area contributed by atoms with Crippen molar-refractivity contribution in [1.29, 1.82) is 0 Å². The van der Waals surface area contributed by atoms with Gasteiger partial charge in [0.2, 0.25) is 6.54 Å². The fourth-order valence-corrected chi connectivity index (χ4v) is 1.43. The van der Waals surface area contributed by atoms with Gasteiger partial charge in [0.05, 0.1) is 6.10 Å². The molecular weight excluding hydrogens is 194 g/mol. The minimum absolute atomic E-state index is 0.588. The number of ether oxygens (including phenoxy) is 1. The maximum absolute atomic E-state index is 10.2. The summed E-state index contributed by atoms with van der Waals surface area (Å²) < 4.78 is 4.99. The molecule has 3 N–H and O–H groups in total. The first-order valence-corrected chi connectivity index (χ1v) is 4.25. The Balaban J connectivity index is 2.65. The molecule has 5 atom stereocenters. The summed E-state index contributed by atoms with van der Waals surface area (Å²) in [6, 6.07) is 0. The Labute approximate surface area is 80.1 Å². The Morgan fingerprint density at radius 2 is 1.86 bits per heavy atom. The highest BCUT2D eigenvalue weighted by Gasteiger charge is 2.43. The van der Waals surface area contributed by atoms with Crippen molar-refractivity contribution in [3.05, 3.63) is 10.1 Å². The molecule has 0 aromatic rings. The maximum Gasteiger partial charge on any atom is 0.232 e. The number of hydrogen-bond acceptors (Lipinski definition) is 6. The van der Waals surface area contributed by atoms with E-state index in [4.69, 9.17) is 4.74 Å². The third kappa shape index (κ3) is 2.18. The average molecular weight is 207 g/mol. The van der Waals surface area contributed by atoms with Crippen molar-refractivity contribution in [2.24, 2.45) is 0 Å². The molecule has 0 aromatic carbocycles. The molecule has 7 nitrogen and oxygen atoms in total. The number of hydrogen-bond donors (Lipinski definition) is 3. The van der Waals surface area contributed by atoms with Gasteiger partial charge in [0, 0.05) is 4.92 Å². The van der Waals surface area contributed by atoms with E-state index in [-0.39, 0.29) is 0 Å². The third-order valence-electron chi connectivity index (χ3n) is 2.28. The van der Waals surface area contributed by atoms with Crippen molar-refractivity contribution in [3.8, 4) is 0 Å². The molecule has 14 heavy (non-hydrogen) atoms. The number of rotatable bonds is 2. The Morgan fingerprint density at radius 1 is 1.29 bits per heavy atom. The normalized spacial score (nSPS) is 43.6. The molecule has 0 spiro atoms. The van der Waals surface area contributed by atoms with Crippen LogP contribution >= 0.6 is 0 Å². The monoisotopic (exact) mass is 207 g/mol. The summed E-state index contributed by atoms with van der Waals surface area (Å²) in [5.41, 5.74) is 0. The lowest BCUT2D eigenvalue weighted by molar-refractivity contribution is -0.498. The van der Waals surface area contributed by atoms with E-state index in [0.29, 0.717) is 0 Å². The summed E-state index contributed by atoms with van der Waals surface area (Å²) in [4.78, 5) is 9.54. The Bertz CT molecular complexity index is 222. The zero-order valence-electron chi connectivity index (χ0n) is 7.61. The predicted octanol–water partition coefficient (Wildman–Crippen LogP) is -1.87. The summed E-state index contributed by atoms with van der Waals surface area (Å²) in [7, 11) is 0. The van der Waals surface area contributed by atoms with Crippen LogP contribution in [0, 0.1) is 10.1 Å². The average Bonchev–Trinajstić information content (AvgIpc) is 2.10. The van der Waals surface area contributed by atoms with Crippen molar-refractivity contribution >= 4 is 0 Å². The quantitative estimate of drug-likeness (QED) is 0.361. The first-order valence-electron chi connectivity index (χ1n) is 4.25. The van der Waals surface area contributed by atoms with E-state index in [2.05, 4.69) is 0 Å². The summed E-state index contributed by atoms with van der Waals surface area (Å²) in [5.74, 6) is 0. The topological polar surface area (TPSA) is 113 Å². The molecule has 1 saturated heterocycles. The van der Waals surface area contributed by atoms with Gasteiger partial charge in [-0.3, -0.25) is 10.1 Å². The zero-order chi connectivity index (χ0) is 10.9. The Morgan fingerprint density at radius 3 is 2.36 bits per heavy atom. The fourth-order valence-electron chi connectivity index (χ4n) is 1.43. The lowest BCUT2D eigenvalue weighted by Crippen LogP contribution is -2.58. The van der Waals surface area contributed by atoms with E-state index >= 15 is 0 Å². The molecule has 0 unspecified atom stereocenters. The van der Waals surface area contributed by atoms with Gasteiger partial charge in [-0.05, 0) is 6.92 Å². The van der Waals surface area contributed by atoms with Crippen molar-refractivity contribution in [2.75, 3.05) is 6.54 Å². The van der Waals surface area contributed by atoms with E-state index in [1.165, 1.54) is 6.92 Å². The molecule has 82 valence electrons. The van der Waals surface area contributed by atoms with E-state index in [1.807, 2.05) is 0 Å². The van der Waals surface area contributed by atoms with E-state index < -0.39 is 42.0 Å². The summed E-state index contributed by atoms with van der Waals surface area (Å²) in [5, 5.41) is 38.1.